The van der Waals surface area contributed by atoms with E-state index in [1.807, 2.05) is 0 Å². The van der Waals surface area contributed by atoms with Crippen molar-refractivity contribution in [3.8, 4) is 0 Å². The van der Waals surface area contributed by atoms with Crippen molar-refractivity contribution in [3.63, 3.8) is 0 Å². The normalized spacial score (nSPS) is 18.8. The number of nitro groups is 1. The van der Waals surface area contributed by atoms with Crippen LogP contribution in [-0.4, -0.2) is 23.4 Å². The molecule has 0 saturated carbocycles. The Morgan fingerprint density at radius 2 is 2.10 bits per heavy atom. The van der Waals surface area contributed by atoms with Crippen molar-refractivity contribution < 1.29 is 22.9 Å². The number of rotatable bonds is 3. The number of carbonyl (C=O) groups is 1. The third kappa shape index (κ3) is 2.91. The Labute approximate surface area is 117 Å². The van der Waals surface area contributed by atoms with E-state index in [1.54, 1.807) is 0 Å². The van der Waals surface area contributed by atoms with E-state index in [0.29, 0.717) is 25.5 Å². The van der Waals surface area contributed by atoms with Crippen molar-refractivity contribution in [1.29, 1.82) is 0 Å². The van der Waals surface area contributed by atoms with Crippen LogP contribution in [0.15, 0.2) is 18.2 Å². The highest BCUT2D eigenvalue weighted by Gasteiger charge is 2.37. The number of hydrogen-bond acceptors (Lipinski definition) is 4. The molecule has 1 saturated heterocycles. The molecule has 6 nitrogen and oxygen atoms in total. The molecular formula is C12H12F3N3O3. The molecule has 1 atom stereocenters. The minimum absolute atomic E-state index is 0.0192. The number of anilines is 1. The summed E-state index contributed by atoms with van der Waals surface area (Å²) in [6.07, 6.45) is -3.66. The molecular weight excluding hydrogens is 291 g/mol. The van der Waals surface area contributed by atoms with E-state index >= 15 is 0 Å². The first kappa shape index (κ1) is 15.1. The minimum atomic E-state index is -4.67. The van der Waals surface area contributed by atoms with Crippen LogP contribution in [0.3, 0.4) is 0 Å². The van der Waals surface area contributed by atoms with E-state index in [0.717, 1.165) is 12.1 Å². The van der Waals surface area contributed by atoms with Crippen LogP contribution < -0.4 is 10.6 Å². The quantitative estimate of drug-likeness (QED) is 0.683. The molecule has 0 aliphatic carbocycles. The fourth-order valence-corrected chi connectivity index (χ4v) is 2.44. The fourth-order valence-electron chi connectivity index (χ4n) is 2.44. The molecule has 1 amide bonds. The predicted octanol–water partition coefficient (Wildman–Crippen LogP) is 2.07. The highest BCUT2D eigenvalue weighted by atomic mass is 19.4. The van der Waals surface area contributed by atoms with Gasteiger partial charge in [0.25, 0.3) is 5.69 Å². The molecule has 1 fully saturated rings. The van der Waals surface area contributed by atoms with E-state index < -0.39 is 34.3 Å². The van der Waals surface area contributed by atoms with E-state index in [9.17, 15) is 28.1 Å². The number of primary amides is 1. The second-order valence-electron chi connectivity index (χ2n) is 4.71. The summed E-state index contributed by atoms with van der Waals surface area (Å²) in [5.41, 5.74) is 3.41. The van der Waals surface area contributed by atoms with E-state index in [4.69, 9.17) is 5.73 Å². The predicted molar refractivity (Wildman–Crippen MR) is 67.7 cm³/mol. The van der Waals surface area contributed by atoms with Crippen molar-refractivity contribution in [2.24, 2.45) is 5.73 Å². The van der Waals surface area contributed by atoms with Crippen molar-refractivity contribution in [3.05, 3.63) is 33.9 Å². The lowest BCUT2D eigenvalue weighted by Gasteiger charge is -2.24. The van der Waals surface area contributed by atoms with Gasteiger partial charge >= 0.3 is 6.18 Å². The number of carbonyl (C=O) groups excluding carboxylic acids is 1. The molecule has 0 radical (unpaired) electrons. The molecule has 0 bridgehead atoms. The highest BCUT2D eigenvalue weighted by molar-refractivity contribution is 5.85. The minimum Gasteiger partial charge on any atom is -0.368 e. The monoisotopic (exact) mass is 303 g/mol. The number of halogens is 3. The molecule has 2 N–H and O–H groups in total. The number of alkyl halides is 3. The first-order valence-corrected chi connectivity index (χ1v) is 6.13. The van der Waals surface area contributed by atoms with Gasteiger partial charge in [-0.1, -0.05) is 0 Å². The molecule has 1 unspecified atom stereocenters. The van der Waals surface area contributed by atoms with Crippen LogP contribution in [-0.2, 0) is 11.0 Å². The number of nitrogens with zero attached hydrogens (tertiary/aromatic N) is 2. The van der Waals surface area contributed by atoms with Crippen LogP contribution >= 0.6 is 0 Å². The van der Waals surface area contributed by atoms with Gasteiger partial charge in [0.05, 0.1) is 10.5 Å². The molecule has 1 aromatic rings. The Balaban J connectivity index is 2.49. The van der Waals surface area contributed by atoms with E-state index in [-0.39, 0.29) is 5.69 Å². The van der Waals surface area contributed by atoms with Crippen LogP contribution in [0, 0.1) is 10.1 Å². The van der Waals surface area contributed by atoms with Crippen LogP contribution in [0.4, 0.5) is 24.5 Å². The topological polar surface area (TPSA) is 89.5 Å². The van der Waals surface area contributed by atoms with Crippen molar-refractivity contribution in [2.75, 3.05) is 11.4 Å². The number of hydrogen-bond donors (Lipinski definition) is 1. The summed E-state index contributed by atoms with van der Waals surface area (Å²) in [6.45, 7) is 0.333. The standard InChI is InChI=1S/C12H12F3N3O3/c13-12(14,15)7-3-4-8(10(6-7)18(20)21)17-5-1-2-9(17)11(16)19/h3-4,6,9H,1-2,5H2,(H2,16,19). The van der Waals surface area contributed by atoms with Gasteiger partial charge in [-0.2, -0.15) is 13.2 Å². The number of amides is 1. The Kier molecular flexibility index (Phi) is 3.75. The summed E-state index contributed by atoms with van der Waals surface area (Å²) in [5.74, 6) is -0.651. The van der Waals surface area contributed by atoms with Crippen LogP contribution in [0.25, 0.3) is 0 Å². The second kappa shape index (κ2) is 5.23. The van der Waals surface area contributed by atoms with Crippen LogP contribution in [0.2, 0.25) is 0 Å². The van der Waals surface area contributed by atoms with Gasteiger partial charge in [0, 0.05) is 12.6 Å². The van der Waals surface area contributed by atoms with Gasteiger partial charge in [0.15, 0.2) is 0 Å². The molecule has 114 valence electrons. The average Bonchev–Trinajstić information content (AvgIpc) is 2.85. The zero-order valence-electron chi connectivity index (χ0n) is 10.8. The molecule has 0 spiro atoms. The van der Waals surface area contributed by atoms with Gasteiger partial charge in [-0.25, -0.2) is 0 Å². The summed E-state index contributed by atoms with van der Waals surface area (Å²) < 4.78 is 37.9. The summed E-state index contributed by atoms with van der Waals surface area (Å²) in [4.78, 5) is 22.9. The SMILES string of the molecule is NC(=O)C1CCCN1c1ccc(C(F)(F)F)cc1[N+](=O)[O-]. The second-order valence-corrected chi connectivity index (χ2v) is 4.71. The van der Waals surface area contributed by atoms with E-state index in [1.165, 1.54) is 4.90 Å². The molecule has 9 heteroatoms. The maximum atomic E-state index is 12.6. The average molecular weight is 303 g/mol. The summed E-state index contributed by atoms with van der Waals surface area (Å²) >= 11 is 0. The van der Waals surface area contributed by atoms with Gasteiger partial charge in [-0.15, -0.1) is 0 Å². The molecule has 21 heavy (non-hydrogen) atoms. The molecule has 0 aromatic heterocycles. The lowest BCUT2D eigenvalue weighted by atomic mass is 10.1. The van der Waals surface area contributed by atoms with Crippen molar-refractivity contribution in [1.82, 2.24) is 0 Å². The van der Waals surface area contributed by atoms with Gasteiger partial charge in [-0.05, 0) is 25.0 Å². The third-order valence-electron chi connectivity index (χ3n) is 3.39. The third-order valence-corrected chi connectivity index (χ3v) is 3.39. The first-order valence-electron chi connectivity index (χ1n) is 6.13. The van der Waals surface area contributed by atoms with Gasteiger partial charge in [0.2, 0.25) is 5.91 Å². The molecule has 1 aliphatic rings. The molecule has 1 aromatic carbocycles. The molecule has 2 rings (SSSR count). The van der Waals surface area contributed by atoms with Crippen LogP contribution in [0.1, 0.15) is 18.4 Å². The molecule has 1 heterocycles. The van der Waals surface area contributed by atoms with Crippen LogP contribution in [0.5, 0.6) is 0 Å². The maximum absolute atomic E-state index is 12.6. The van der Waals surface area contributed by atoms with Crippen molar-refractivity contribution in [2.45, 2.75) is 25.1 Å². The Morgan fingerprint density at radius 3 is 2.62 bits per heavy atom. The zero-order valence-corrected chi connectivity index (χ0v) is 10.8. The zero-order chi connectivity index (χ0) is 15.8. The lowest BCUT2D eigenvalue weighted by Crippen LogP contribution is -2.40. The molecule has 1 aliphatic heterocycles. The smallest absolute Gasteiger partial charge is 0.368 e. The summed E-state index contributed by atoms with van der Waals surface area (Å²) in [6, 6.07) is 1.52. The first-order chi connectivity index (χ1) is 9.71. The maximum Gasteiger partial charge on any atom is 0.416 e. The highest BCUT2D eigenvalue weighted by Crippen LogP contribution is 2.38. The van der Waals surface area contributed by atoms with Gasteiger partial charge < -0.3 is 10.6 Å². The Morgan fingerprint density at radius 1 is 1.43 bits per heavy atom. The van der Waals surface area contributed by atoms with E-state index in [2.05, 4.69) is 0 Å². The number of nitro benzene ring substituents is 1. The summed E-state index contributed by atoms with van der Waals surface area (Å²) in [7, 11) is 0. The Hall–Kier alpha value is -2.32. The lowest BCUT2D eigenvalue weighted by molar-refractivity contribution is -0.384. The largest absolute Gasteiger partial charge is 0.416 e. The Bertz CT molecular complexity index is 589. The number of benzene rings is 1. The van der Waals surface area contributed by atoms with Gasteiger partial charge in [-0.3, -0.25) is 14.9 Å². The summed E-state index contributed by atoms with van der Waals surface area (Å²) in [5, 5.41) is 11.0. The fraction of sp³-hybridized carbons (Fsp3) is 0.417. The van der Waals surface area contributed by atoms with Crippen molar-refractivity contribution >= 4 is 17.3 Å². The number of nitrogens with two attached hydrogens (primary N) is 1. The van der Waals surface area contributed by atoms with Gasteiger partial charge in [0.1, 0.15) is 11.7 Å².